The highest BCUT2D eigenvalue weighted by Gasteiger charge is 2.25. The smallest absolute Gasteiger partial charge is 0.342 e. The zero-order chi connectivity index (χ0) is 18.0. The van der Waals surface area contributed by atoms with E-state index in [9.17, 15) is 9.59 Å². The summed E-state index contributed by atoms with van der Waals surface area (Å²) in [4.78, 5) is 24.5. The Balaban J connectivity index is 2.08. The van der Waals surface area contributed by atoms with Crippen molar-refractivity contribution in [2.24, 2.45) is 0 Å². The van der Waals surface area contributed by atoms with Crippen LogP contribution in [0.4, 0.5) is 5.69 Å². The normalized spacial score (nSPS) is 11.9. The van der Waals surface area contributed by atoms with Gasteiger partial charge in [-0.15, -0.1) is 0 Å². The Hall–Kier alpha value is -1.98. The van der Waals surface area contributed by atoms with Gasteiger partial charge in [-0.1, -0.05) is 23.2 Å². The van der Waals surface area contributed by atoms with E-state index in [1.165, 1.54) is 13.0 Å². The number of benzene rings is 1. The molecule has 0 aliphatic rings. The predicted molar refractivity (Wildman–Crippen MR) is 92.9 cm³/mol. The lowest BCUT2D eigenvalue weighted by Gasteiger charge is -2.14. The summed E-state index contributed by atoms with van der Waals surface area (Å²) in [7, 11) is 0. The third kappa shape index (κ3) is 3.91. The molecule has 1 aromatic carbocycles. The second-order valence-corrected chi connectivity index (χ2v) is 6.22. The number of carbonyl (C=O) groups excluding carboxylic acids is 2. The summed E-state index contributed by atoms with van der Waals surface area (Å²) in [6.07, 6.45) is -1.01. The van der Waals surface area contributed by atoms with Crippen LogP contribution in [0.3, 0.4) is 0 Å². The lowest BCUT2D eigenvalue weighted by atomic mass is 10.1. The van der Waals surface area contributed by atoms with Gasteiger partial charge in [-0.25, -0.2) is 4.79 Å². The lowest BCUT2D eigenvalue weighted by Crippen LogP contribution is -2.30. The predicted octanol–water partition coefficient (Wildman–Crippen LogP) is 4.70. The molecular formula is C17H17Cl2NO4. The van der Waals surface area contributed by atoms with Gasteiger partial charge in [0.15, 0.2) is 6.10 Å². The van der Waals surface area contributed by atoms with Gasteiger partial charge in [-0.2, -0.15) is 0 Å². The Kier molecular flexibility index (Phi) is 5.57. The van der Waals surface area contributed by atoms with Gasteiger partial charge in [-0.3, -0.25) is 4.79 Å². The zero-order valence-electron chi connectivity index (χ0n) is 13.7. The number of ether oxygens (including phenoxy) is 1. The van der Waals surface area contributed by atoms with Crippen LogP contribution in [-0.4, -0.2) is 18.0 Å². The minimum absolute atomic E-state index is 0.337. The fourth-order valence-electron chi connectivity index (χ4n) is 2.19. The largest absolute Gasteiger partial charge is 0.465 e. The van der Waals surface area contributed by atoms with Crippen molar-refractivity contribution in [1.82, 2.24) is 0 Å². The standard InChI is InChI=1S/C17H17Cl2NO4/c1-8-9(2)23-10(3)15(8)17(22)24-11(4)16(21)20-14-7-12(18)5-6-13(14)19/h5-7,11H,1-4H3,(H,20,21)/t11-/m1/s1. The van der Waals surface area contributed by atoms with E-state index in [-0.39, 0.29) is 0 Å². The van der Waals surface area contributed by atoms with Crippen LogP contribution in [0.2, 0.25) is 10.0 Å². The number of carbonyl (C=O) groups is 2. The molecule has 2 rings (SSSR count). The number of rotatable bonds is 4. The van der Waals surface area contributed by atoms with E-state index in [0.717, 1.165) is 0 Å². The van der Waals surface area contributed by atoms with Crippen molar-refractivity contribution in [3.63, 3.8) is 0 Å². The Labute approximate surface area is 149 Å². The zero-order valence-corrected chi connectivity index (χ0v) is 15.2. The summed E-state index contributed by atoms with van der Waals surface area (Å²) < 4.78 is 10.6. The van der Waals surface area contributed by atoms with Crippen LogP contribution in [0, 0.1) is 20.8 Å². The first-order valence-electron chi connectivity index (χ1n) is 7.24. The summed E-state index contributed by atoms with van der Waals surface area (Å²) in [6.45, 7) is 6.67. The molecule has 1 N–H and O–H groups in total. The number of halogens is 2. The number of nitrogens with one attached hydrogen (secondary N) is 1. The number of amides is 1. The lowest BCUT2D eigenvalue weighted by molar-refractivity contribution is -0.123. The van der Waals surface area contributed by atoms with Crippen molar-refractivity contribution >= 4 is 40.8 Å². The second kappa shape index (κ2) is 7.28. The van der Waals surface area contributed by atoms with Gasteiger partial charge in [0.2, 0.25) is 0 Å². The van der Waals surface area contributed by atoms with Gasteiger partial charge in [-0.05, 0) is 45.9 Å². The molecule has 128 valence electrons. The Morgan fingerprint density at radius 1 is 1.17 bits per heavy atom. The molecule has 1 amide bonds. The monoisotopic (exact) mass is 369 g/mol. The molecule has 7 heteroatoms. The number of hydrogen-bond donors (Lipinski definition) is 1. The minimum atomic E-state index is -1.01. The summed E-state index contributed by atoms with van der Waals surface area (Å²) in [5.41, 5.74) is 1.39. The summed E-state index contributed by atoms with van der Waals surface area (Å²) in [5.74, 6) is -0.0208. The fraction of sp³-hybridized carbons (Fsp3) is 0.294. The molecule has 0 bridgehead atoms. The Bertz CT molecular complexity index is 798. The van der Waals surface area contributed by atoms with Gasteiger partial charge < -0.3 is 14.5 Å². The van der Waals surface area contributed by atoms with Crippen LogP contribution >= 0.6 is 23.2 Å². The summed E-state index contributed by atoms with van der Waals surface area (Å²) >= 11 is 11.9. The van der Waals surface area contributed by atoms with Crippen molar-refractivity contribution in [3.05, 3.63) is 50.9 Å². The van der Waals surface area contributed by atoms with E-state index < -0.39 is 18.0 Å². The number of anilines is 1. The van der Waals surface area contributed by atoms with Crippen molar-refractivity contribution < 1.29 is 18.7 Å². The van der Waals surface area contributed by atoms with E-state index in [0.29, 0.717) is 38.4 Å². The quantitative estimate of drug-likeness (QED) is 0.793. The molecular weight excluding hydrogens is 353 g/mol. The van der Waals surface area contributed by atoms with E-state index in [1.54, 1.807) is 32.9 Å². The minimum Gasteiger partial charge on any atom is -0.465 e. The fourth-order valence-corrected chi connectivity index (χ4v) is 2.53. The maximum absolute atomic E-state index is 12.3. The second-order valence-electron chi connectivity index (χ2n) is 5.38. The van der Waals surface area contributed by atoms with E-state index >= 15 is 0 Å². The van der Waals surface area contributed by atoms with Crippen molar-refractivity contribution in [2.45, 2.75) is 33.8 Å². The van der Waals surface area contributed by atoms with Gasteiger partial charge in [0.05, 0.1) is 10.7 Å². The summed E-state index contributed by atoms with van der Waals surface area (Å²) in [5, 5.41) is 3.35. The molecule has 1 heterocycles. The van der Waals surface area contributed by atoms with Crippen molar-refractivity contribution in [2.75, 3.05) is 5.32 Å². The molecule has 5 nitrogen and oxygen atoms in total. The van der Waals surface area contributed by atoms with E-state index in [4.69, 9.17) is 32.4 Å². The van der Waals surface area contributed by atoms with Crippen molar-refractivity contribution in [1.29, 1.82) is 0 Å². The third-order valence-electron chi connectivity index (χ3n) is 3.60. The van der Waals surface area contributed by atoms with E-state index in [1.807, 2.05) is 0 Å². The molecule has 24 heavy (non-hydrogen) atoms. The average molecular weight is 370 g/mol. The molecule has 0 saturated heterocycles. The Morgan fingerprint density at radius 2 is 1.83 bits per heavy atom. The highest BCUT2D eigenvalue weighted by Crippen LogP contribution is 2.26. The van der Waals surface area contributed by atoms with Gasteiger partial charge in [0.25, 0.3) is 5.91 Å². The maximum Gasteiger partial charge on any atom is 0.342 e. The molecule has 0 aliphatic heterocycles. The van der Waals surface area contributed by atoms with Crippen LogP contribution in [-0.2, 0) is 9.53 Å². The molecule has 0 spiro atoms. The first-order chi connectivity index (χ1) is 11.2. The first kappa shape index (κ1) is 18.4. The molecule has 1 atom stereocenters. The molecule has 0 aliphatic carbocycles. The summed E-state index contributed by atoms with van der Waals surface area (Å²) in [6, 6.07) is 4.69. The molecule has 0 saturated carbocycles. The van der Waals surface area contributed by atoms with Gasteiger partial charge in [0, 0.05) is 10.6 Å². The van der Waals surface area contributed by atoms with Crippen LogP contribution in [0.25, 0.3) is 0 Å². The topological polar surface area (TPSA) is 68.5 Å². The average Bonchev–Trinajstić information content (AvgIpc) is 2.75. The highest BCUT2D eigenvalue weighted by molar-refractivity contribution is 6.35. The van der Waals surface area contributed by atoms with Crippen LogP contribution < -0.4 is 5.32 Å². The number of furan rings is 1. The number of hydrogen-bond acceptors (Lipinski definition) is 4. The van der Waals surface area contributed by atoms with E-state index in [2.05, 4.69) is 5.32 Å². The Morgan fingerprint density at radius 3 is 2.42 bits per heavy atom. The van der Waals surface area contributed by atoms with Crippen LogP contribution in [0.15, 0.2) is 22.6 Å². The highest BCUT2D eigenvalue weighted by atomic mass is 35.5. The van der Waals surface area contributed by atoms with Crippen LogP contribution in [0.5, 0.6) is 0 Å². The SMILES string of the molecule is Cc1oc(C)c(C(=O)O[C@H](C)C(=O)Nc2cc(Cl)ccc2Cl)c1C. The number of esters is 1. The molecule has 0 radical (unpaired) electrons. The molecule has 1 aromatic heterocycles. The van der Waals surface area contributed by atoms with Gasteiger partial charge in [0.1, 0.15) is 17.1 Å². The molecule has 0 fully saturated rings. The molecule has 0 unspecified atom stereocenters. The van der Waals surface area contributed by atoms with Gasteiger partial charge >= 0.3 is 5.97 Å². The first-order valence-corrected chi connectivity index (χ1v) is 7.99. The maximum atomic E-state index is 12.3. The van der Waals surface area contributed by atoms with Crippen LogP contribution in [0.1, 0.15) is 34.4 Å². The number of aryl methyl sites for hydroxylation is 2. The molecule has 2 aromatic rings. The van der Waals surface area contributed by atoms with Crippen molar-refractivity contribution in [3.8, 4) is 0 Å². The third-order valence-corrected chi connectivity index (χ3v) is 4.17.